The molecule has 0 saturated carbocycles. The quantitative estimate of drug-likeness (QED) is 0.485. The summed E-state index contributed by atoms with van der Waals surface area (Å²) in [5.41, 5.74) is 1.34. The van der Waals surface area contributed by atoms with E-state index in [4.69, 9.17) is 4.74 Å². The van der Waals surface area contributed by atoms with Gasteiger partial charge >= 0.3 is 5.69 Å². The summed E-state index contributed by atoms with van der Waals surface area (Å²) < 4.78 is 6.85. The maximum absolute atomic E-state index is 13.2. The molecular weight excluding hydrogens is 444 g/mol. The smallest absolute Gasteiger partial charge is 0.333 e. The SMILES string of the molecule is CCOc1ccccc1N1CCN(C(=O)c2ccc3c(=O)n(-c4ccccc4)c(=O)[nH]c3c2)CC1. The average molecular weight is 471 g/mol. The lowest BCUT2D eigenvalue weighted by Gasteiger charge is -2.36. The number of carbonyl (C=O) groups excluding carboxylic acids is 1. The van der Waals surface area contributed by atoms with Gasteiger partial charge in [0.1, 0.15) is 5.75 Å². The standard InChI is InChI=1S/C27H26N4O4/c1-2-35-24-11-7-6-10-23(24)29-14-16-30(17-15-29)25(32)19-12-13-21-22(18-19)28-27(34)31(26(21)33)20-8-4-3-5-9-20/h3-13,18H,2,14-17H2,1H3,(H,28,34). The summed E-state index contributed by atoms with van der Waals surface area (Å²) in [5.74, 6) is 0.715. The lowest BCUT2D eigenvalue weighted by molar-refractivity contribution is 0.0747. The zero-order chi connectivity index (χ0) is 24.4. The van der Waals surface area contributed by atoms with Crippen LogP contribution in [-0.4, -0.2) is 53.1 Å². The largest absolute Gasteiger partial charge is 0.492 e. The fraction of sp³-hybridized carbons (Fsp3) is 0.222. The van der Waals surface area contributed by atoms with E-state index in [2.05, 4.69) is 9.88 Å². The molecule has 1 aliphatic heterocycles. The normalized spacial score (nSPS) is 13.7. The summed E-state index contributed by atoms with van der Waals surface area (Å²) in [6.07, 6.45) is 0. The molecule has 3 aromatic carbocycles. The summed E-state index contributed by atoms with van der Waals surface area (Å²) in [4.78, 5) is 45.7. The Bertz CT molecular complexity index is 1480. The van der Waals surface area contributed by atoms with Crippen molar-refractivity contribution in [1.82, 2.24) is 14.5 Å². The van der Waals surface area contributed by atoms with Gasteiger partial charge in [-0.3, -0.25) is 9.59 Å². The van der Waals surface area contributed by atoms with Crippen molar-refractivity contribution in [3.05, 3.63) is 99.2 Å². The van der Waals surface area contributed by atoms with Crippen molar-refractivity contribution < 1.29 is 9.53 Å². The van der Waals surface area contributed by atoms with Crippen LogP contribution in [0.1, 0.15) is 17.3 Å². The molecule has 8 nitrogen and oxygen atoms in total. The van der Waals surface area contributed by atoms with Crippen LogP contribution in [0.4, 0.5) is 5.69 Å². The van der Waals surface area contributed by atoms with Gasteiger partial charge in [-0.2, -0.15) is 0 Å². The van der Waals surface area contributed by atoms with Crippen molar-refractivity contribution >= 4 is 22.5 Å². The summed E-state index contributed by atoms with van der Waals surface area (Å²) >= 11 is 0. The third kappa shape index (κ3) is 4.30. The minimum atomic E-state index is -0.542. The number of carbonyl (C=O) groups is 1. The number of benzene rings is 3. The molecule has 1 aromatic heterocycles. The van der Waals surface area contributed by atoms with E-state index in [1.807, 2.05) is 37.3 Å². The Morgan fingerprint density at radius 1 is 0.914 bits per heavy atom. The molecule has 1 saturated heterocycles. The van der Waals surface area contributed by atoms with Crippen molar-refractivity contribution in [2.45, 2.75) is 6.92 Å². The number of nitrogens with one attached hydrogen (secondary N) is 1. The number of aromatic amines is 1. The van der Waals surface area contributed by atoms with E-state index in [1.165, 1.54) is 0 Å². The van der Waals surface area contributed by atoms with E-state index in [0.717, 1.165) is 16.0 Å². The molecule has 178 valence electrons. The summed E-state index contributed by atoms with van der Waals surface area (Å²) in [5, 5.41) is 0.349. The van der Waals surface area contributed by atoms with E-state index in [-0.39, 0.29) is 5.91 Å². The molecule has 1 amide bonds. The highest BCUT2D eigenvalue weighted by molar-refractivity contribution is 5.97. The van der Waals surface area contributed by atoms with E-state index in [1.54, 1.807) is 47.4 Å². The van der Waals surface area contributed by atoms with Gasteiger partial charge in [-0.1, -0.05) is 30.3 Å². The molecule has 5 rings (SSSR count). The molecule has 0 aliphatic carbocycles. The monoisotopic (exact) mass is 470 g/mol. The van der Waals surface area contributed by atoms with Crippen LogP contribution < -0.4 is 20.9 Å². The second kappa shape index (κ2) is 9.50. The van der Waals surface area contributed by atoms with Crippen LogP contribution >= 0.6 is 0 Å². The molecule has 0 spiro atoms. The van der Waals surface area contributed by atoms with Gasteiger partial charge < -0.3 is 19.5 Å². The lowest BCUT2D eigenvalue weighted by Crippen LogP contribution is -2.48. The van der Waals surface area contributed by atoms with Gasteiger partial charge in [-0.05, 0) is 49.4 Å². The van der Waals surface area contributed by atoms with Gasteiger partial charge in [-0.25, -0.2) is 9.36 Å². The molecule has 0 bridgehead atoms. The van der Waals surface area contributed by atoms with Gasteiger partial charge in [0.15, 0.2) is 0 Å². The molecule has 0 atom stereocenters. The topological polar surface area (TPSA) is 87.6 Å². The summed E-state index contributed by atoms with van der Waals surface area (Å²) in [6.45, 7) is 5.04. The first-order chi connectivity index (χ1) is 17.1. The number of piperazine rings is 1. The van der Waals surface area contributed by atoms with Gasteiger partial charge in [0.25, 0.3) is 11.5 Å². The predicted molar refractivity (Wildman–Crippen MR) is 136 cm³/mol. The molecule has 1 fully saturated rings. The average Bonchev–Trinajstić information content (AvgIpc) is 2.89. The highest BCUT2D eigenvalue weighted by Gasteiger charge is 2.24. The van der Waals surface area contributed by atoms with Gasteiger partial charge in [0, 0.05) is 31.7 Å². The van der Waals surface area contributed by atoms with Crippen LogP contribution in [0.5, 0.6) is 5.75 Å². The first-order valence-corrected chi connectivity index (χ1v) is 11.7. The molecule has 4 aromatic rings. The zero-order valence-corrected chi connectivity index (χ0v) is 19.4. The van der Waals surface area contributed by atoms with Crippen LogP contribution in [0, 0.1) is 0 Å². The lowest BCUT2D eigenvalue weighted by atomic mass is 10.1. The first kappa shape index (κ1) is 22.5. The number of anilines is 1. The number of aromatic nitrogens is 2. The number of para-hydroxylation sites is 3. The molecule has 0 radical (unpaired) electrons. The second-order valence-corrected chi connectivity index (χ2v) is 8.35. The van der Waals surface area contributed by atoms with Crippen molar-refractivity contribution in [3.63, 3.8) is 0 Å². The van der Waals surface area contributed by atoms with Crippen molar-refractivity contribution in [2.75, 3.05) is 37.7 Å². The minimum absolute atomic E-state index is 0.127. The Balaban J connectivity index is 1.36. The number of fused-ring (bicyclic) bond motifs is 1. The highest BCUT2D eigenvalue weighted by atomic mass is 16.5. The van der Waals surface area contributed by atoms with Crippen molar-refractivity contribution in [3.8, 4) is 11.4 Å². The first-order valence-electron chi connectivity index (χ1n) is 11.7. The van der Waals surface area contributed by atoms with E-state index in [0.29, 0.717) is 54.9 Å². The third-order valence-corrected chi connectivity index (χ3v) is 6.23. The van der Waals surface area contributed by atoms with E-state index < -0.39 is 11.2 Å². The van der Waals surface area contributed by atoms with Crippen LogP contribution in [0.3, 0.4) is 0 Å². The molecule has 35 heavy (non-hydrogen) atoms. The van der Waals surface area contributed by atoms with E-state index >= 15 is 0 Å². The van der Waals surface area contributed by atoms with Gasteiger partial charge in [0.2, 0.25) is 0 Å². The van der Waals surface area contributed by atoms with E-state index in [9.17, 15) is 14.4 Å². The van der Waals surface area contributed by atoms with Crippen LogP contribution in [0.25, 0.3) is 16.6 Å². The minimum Gasteiger partial charge on any atom is -0.492 e. The van der Waals surface area contributed by atoms with Crippen LogP contribution in [0.15, 0.2) is 82.4 Å². The maximum Gasteiger partial charge on any atom is 0.333 e. The third-order valence-electron chi connectivity index (χ3n) is 6.23. The Hall–Kier alpha value is -4.33. The number of hydrogen-bond acceptors (Lipinski definition) is 5. The number of amides is 1. The summed E-state index contributed by atoms with van der Waals surface area (Å²) in [7, 11) is 0. The van der Waals surface area contributed by atoms with Gasteiger partial charge in [0.05, 0.1) is 28.9 Å². The van der Waals surface area contributed by atoms with Crippen LogP contribution in [-0.2, 0) is 0 Å². The Morgan fingerprint density at radius 2 is 1.63 bits per heavy atom. The number of nitrogens with zero attached hydrogens (tertiary/aromatic N) is 3. The van der Waals surface area contributed by atoms with Crippen molar-refractivity contribution in [2.24, 2.45) is 0 Å². The molecular formula is C27H26N4O4. The Kier molecular flexibility index (Phi) is 6.10. The molecule has 0 unspecified atom stereocenters. The molecule has 1 aliphatic rings. The van der Waals surface area contributed by atoms with Crippen molar-refractivity contribution in [1.29, 1.82) is 0 Å². The number of rotatable bonds is 5. The molecule has 1 N–H and O–H groups in total. The maximum atomic E-state index is 13.2. The number of hydrogen-bond donors (Lipinski definition) is 1. The fourth-order valence-electron chi connectivity index (χ4n) is 4.49. The second-order valence-electron chi connectivity index (χ2n) is 8.35. The molecule has 2 heterocycles. The Labute approximate surface area is 202 Å². The summed E-state index contributed by atoms with van der Waals surface area (Å²) in [6, 6.07) is 21.5. The number of H-pyrrole nitrogens is 1. The predicted octanol–water partition coefficient (Wildman–Crippen LogP) is 3.04. The zero-order valence-electron chi connectivity index (χ0n) is 19.4. The molecule has 8 heteroatoms. The van der Waals surface area contributed by atoms with Gasteiger partial charge in [-0.15, -0.1) is 0 Å². The Morgan fingerprint density at radius 3 is 2.37 bits per heavy atom. The highest BCUT2D eigenvalue weighted by Crippen LogP contribution is 2.29. The fourth-order valence-corrected chi connectivity index (χ4v) is 4.49. The number of ether oxygens (including phenoxy) is 1. The van der Waals surface area contributed by atoms with Crippen LogP contribution in [0.2, 0.25) is 0 Å².